The van der Waals surface area contributed by atoms with Crippen molar-refractivity contribution in [3.8, 4) is 0 Å². The van der Waals surface area contributed by atoms with Crippen molar-refractivity contribution < 1.29 is 17.9 Å². The predicted molar refractivity (Wildman–Crippen MR) is 71.4 cm³/mol. The molecule has 1 aromatic rings. The average molecular weight is 304 g/mol. The minimum Gasteiger partial charge on any atom is -0.468 e. The standard InChI is InChI=1S/C11H16N2O6S/c1-8-6-12(7-9(14)19-2)11(16)13(10(8)15)4-5-20(3,17)18/h6H,4-5,7H2,1-3H3. The van der Waals surface area contributed by atoms with E-state index in [2.05, 4.69) is 4.74 Å². The van der Waals surface area contributed by atoms with Gasteiger partial charge in [0.15, 0.2) is 0 Å². The van der Waals surface area contributed by atoms with Gasteiger partial charge in [-0.25, -0.2) is 13.2 Å². The van der Waals surface area contributed by atoms with Gasteiger partial charge in [-0.1, -0.05) is 0 Å². The fourth-order valence-electron chi connectivity index (χ4n) is 1.57. The van der Waals surface area contributed by atoms with Crippen molar-refractivity contribution in [2.24, 2.45) is 0 Å². The number of hydrogen-bond acceptors (Lipinski definition) is 6. The zero-order valence-corrected chi connectivity index (χ0v) is 12.3. The molecule has 20 heavy (non-hydrogen) atoms. The first-order valence-corrected chi connectivity index (χ1v) is 7.77. The first-order chi connectivity index (χ1) is 9.15. The lowest BCUT2D eigenvalue weighted by molar-refractivity contribution is -0.141. The molecule has 0 fully saturated rings. The summed E-state index contributed by atoms with van der Waals surface area (Å²) in [6.07, 6.45) is 2.26. The van der Waals surface area contributed by atoms with Crippen molar-refractivity contribution >= 4 is 15.8 Å². The van der Waals surface area contributed by atoms with E-state index in [0.717, 1.165) is 15.4 Å². The van der Waals surface area contributed by atoms with E-state index in [4.69, 9.17) is 0 Å². The van der Waals surface area contributed by atoms with Crippen LogP contribution in [0.4, 0.5) is 0 Å². The highest BCUT2D eigenvalue weighted by atomic mass is 32.2. The van der Waals surface area contributed by atoms with Gasteiger partial charge >= 0.3 is 11.7 Å². The van der Waals surface area contributed by atoms with Crippen molar-refractivity contribution in [1.29, 1.82) is 0 Å². The molecule has 0 aromatic carbocycles. The third-order valence-electron chi connectivity index (χ3n) is 2.62. The molecule has 0 atom stereocenters. The van der Waals surface area contributed by atoms with Gasteiger partial charge in [-0.05, 0) is 6.92 Å². The summed E-state index contributed by atoms with van der Waals surface area (Å²) in [5.74, 6) is -0.969. The molecule has 0 spiro atoms. The molecule has 0 N–H and O–H groups in total. The molecule has 1 aromatic heterocycles. The van der Waals surface area contributed by atoms with E-state index in [0.29, 0.717) is 0 Å². The lowest BCUT2D eigenvalue weighted by atomic mass is 10.3. The molecule has 0 aliphatic heterocycles. The third kappa shape index (κ3) is 4.05. The van der Waals surface area contributed by atoms with Gasteiger partial charge in [-0.15, -0.1) is 0 Å². The van der Waals surface area contributed by atoms with Gasteiger partial charge in [0.2, 0.25) is 0 Å². The second-order valence-electron chi connectivity index (χ2n) is 4.39. The van der Waals surface area contributed by atoms with E-state index in [-0.39, 0.29) is 24.4 Å². The number of methoxy groups -OCH3 is 1. The van der Waals surface area contributed by atoms with Gasteiger partial charge in [0, 0.05) is 24.6 Å². The number of nitrogens with zero attached hydrogens (tertiary/aromatic N) is 2. The maximum absolute atomic E-state index is 12.0. The van der Waals surface area contributed by atoms with Gasteiger partial charge in [0.25, 0.3) is 5.56 Å². The molecule has 8 nitrogen and oxygen atoms in total. The highest BCUT2D eigenvalue weighted by Gasteiger charge is 2.13. The number of ether oxygens (including phenoxy) is 1. The van der Waals surface area contributed by atoms with Crippen LogP contribution in [0.2, 0.25) is 0 Å². The minimum absolute atomic E-state index is 0.238. The number of aromatic nitrogens is 2. The van der Waals surface area contributed by atoms with Crippen LogP contribution in [0.25, 0.3) is 0 Å². The fraction of sp³-hybridized carbons (Fsp3) is 0.545. The van der Waals surface area contributed by atoms with Crippen molar-refractivity contribution in [3.05, 3.63) is 32.6 Å². The predicted octanol–water partition coefficient (Wildman–Crippen LogP) is -1.46. The molecule has 112 valence electrons. The molecule has 0 radical (unpaired) electrons. The summed E-state index contributed by atoms with van der Waals surface area (Å²) < 4.78 is 28.5. The molecule has 0 bridgehead atoms. The third-order valence-corrected chi connectivity index (χ3v) is 3.55. The van der Waals surface area contributed by atoms with Crippen LogP contribution >= 0.6 is 0 Å². The molecule has 0 aliphatic rings. The number of hydrogen-bond donors (Lipinski definition) is 0. The summed E-state index contributed by atoms with van der Waals surface area (Å²) in [5.41, 5.74) is -1.07. The molecule has 0 saturated heterocycles. The highest BCUT2D eigenvalue weighted by Crippen LogP contribution is 1.91. The van der Waals surface area contributed by atoms with Crippen LogP contribution in [0.3, 0.4) is 0 Å². The molecule has 1 heterocycles. The lowest BCUT2D eigenvalue weighted by Gasteiger charge is -2.10. The van der Waals surface area contributed by atoms with Gasteiger partial charge in [-0.3, -0.25) is 18.7 Å². The SMILES string of the molecule is COC(=O)Cn1cc(C)c(=O)n(CCS(C)(=O)=O)c1=O. The Morgan fingerprint density at radius 2 is 1.95 bits per heavy atom. The van der Waals surface area contributed by atoms with E-state index < -0.39 is 27.1 Å². The van der Waals surface area contributed by atoms with Gasteiger partial charge in [0.05, 0.1) is 12.9 Å². The number of carbonyl (C=O) groups excluding carboxylic acids is 1. The monoisotopic (exact) mass is 304 g/mol. The molecular weight excluding hydrogens is 288 g/mol. The smallest absolute Gasteiger partial charge is 0.331 e. The first-order valence-electron chi connectivity index (χ1n) is 5.71. The molecule has 0 unspecified atom stereocenters. The maximum atomic E-state index is 12.0. The van der Waals surface area contributed by atoms with E-state index in [1.54, 1.807) is 0 Å². The highest BCUT2D eigenvalue weighted by molar-refractivity contribution is 7.90. The summed E-state index contributed by atoms with van der Waals surface area (Å²) in [6.45, 7) is 0.890. The van der Waals surface area contributed by atoms with E-state index in [9.17, 15) is 22.8 Å². The van der Waals surface area contributed by atoms with E-state index >= 15 is 0 Å². The molecule has 0 aliphatic carbocycles. The van der Waals surface area contributed by atoms with Crippen LogP contribution in [0.15, 0.2) is 15.8 Å². The van der Waals surface area contributed by atoms with Crippen molar-refractivity contribution in [2.45, 2.75) is 20.0 Å². The Bertz CT molecular complexity index is 728. The second kappa shape index (κ2) is 6.04. The summed E-state index contributed by atoms with van der Waals surface area (Å²) in [6, 6.07) is 0. The van der Waals surface area contributed by atoms with Crippen LogP contribution < -0.4 is 11.2 Å². The Labute approximate surface area is 115 Å². The van der Waals surface area contributed by atoms with E-state index in [1.807, 2.05) is 0 Å². The summed E-state index contributed by atoms with van der Waals surface area (Å²) >= 11 is 0. The van der Waals surface area contributed by atoms with Gasteiger partial charge < -0.3 is 4.74 Å². The zero-order valence-electron chi connectivity index (χ0n) is 11.5. The Morgan fingerprint density at radius 1 is 1.35 bits per heavy atom. The van der Waals surface area contributed by atoms with Crippen LogP contribution in [0, 0.1) is 6.92 Å². The van der Waals surface area contributed by atoms with Crippen molar-refractivity contribution in [1.82, 2.24) is 9.13 Å². The summed E-state index contributed by atoms with van der Waals surface area (Å²) in [4.78, 5) is 35.1. The largest absolute Gasteiger partial charge is 0.468 e. The number of sulfone groups is 1. The number of rotatable bonds is 5. The second-order valence-corrected chi connectivity index (χ2v) is 6.65. The van der Waals surface area contributed by atoms with Crippen LogP contribution in [-0.4, -0.2) is 42.6 Å². The Balaban J connectivity index is 3.26. The van der Waals surface area contributed by atoms with Crippen molar-refractivity contribution in [3.63, 3.8) is 0 Å². The van der Waals surface area contributed by atoms with Crippen LogP contribution in [0.5, 0.6) is 0 Å². The van der Waals surface area contributed by atoms with Crippen molar-refractivity contribution in [2.75, 3.05) is 19.1 Å². The number of carbonyl (C=O) groups is 1. The van der Waals surface area contributed by atoms with Crippen LogP contribution in [0.1, 0.15) is 5.56 Å². The normalized spacial score (nSPS) is 11.3. The number of aryl methyl sites for hydroxylation is 1. The zero-order chi connectivity index (χ0) is 15.5. The Hall–Kier alpha value is -1.90. The lowest BCUT2D eigenvalue weighted by Crippen LogP contribution is -2.42. The molecule has 1 rings (SSSR count). The first kappa shape index (κ1) is 16.2. The Morgan fingerprint density at radius 3 is 2.45 bits per heavy atom. The minimum atomic E-state index is -3.31. The molecule has 0 saturated carbocycles. The quantitative estimate of drug-likeness (QED) is 0.615. The van der Waals surface area contributed by atoms with E-state index in [1.165, 1.54) is 20.2 Å². The topological polar surface area (TPSA) is 104 Å². The summed E-state index contributed by atoms with van der Waals surface area (Å²) in [5, 5.41) is 0. The average Bonchev–Trinajstić information content (AvgIpc) is 2.34. The van der Waals surface area contributed by atoms with Crippen LogP contribution in [-0.2, 0) is 32.5 Å². The van der Waals surface area contributed by atoms with Gasteiger partial charge in [-0.2, -0.15) is 0 Å². The molecule has 9 heteroatoms. The van der Waals surface area contributed by atoms with Gasteiger partial charge in [0.1, 0.15) is 16.4 Å². The fourth-order valence-corrected chi connectivity index (χ4v) is 2.08. The number of esters is 1. The molecular formula is C11H16N2O6S. The maximum Gasteiger partial charge on any atom is 0.331 e. The molecule has 0 amide bonds. The summed E-state index contributed by atoms with van der Waals surface area (Å²) in [7, 11) is -2.13. The Kier molecular flexibility index (Phi) is 4.88.